The van der Waals surface area contributed by atoms with E-state index in [9.17, 15) is 0 Å². The summed E-state index contributed by atoms with van der Waals surface area (Å²) < 4.78 is 11.2. The van der Waals surface area contributed by atoms with Crippen LogP contribution < -0.4 is 10.1 Å². The smallest absolute Gasteiger partial charge is 0.119 e. The molecule has 3 nitrogen and oxygen atoms in total. The van der Waals surface area contributed by atoms with Crippen LogP contribution in [0.5, 0.6) is 5.75 Å². The highest BCUT2D eigenvalue weighted by Crippen LogP contribution is 2.27. The Morgan fingerprint density at radius 2 is 1.76 bits per heavy atom. The zero-order valence-corrected chi connectivity index (χ0v) is 14.2. The van der Waals surface area contributed by atoms with E-state index in [1.54, 1.807) is 7.11 Å². The molecular formula is C18H31NO2. The van der Waals surface area contributed by atoms with Gasteiger partial charge in [-0.1, -0.05) is 26.0 Å². The lowest BCUT2D eigenvalue weighted by Crippen LogP contribution is -2.32. The van der Waals surface area contributed by atoms with E-state index in [4.69, 9.17) is 9.47 Å². The Hall–Kier alpha value is -1.06. The number of methoxy groups -OCH3 is 1. The first-order chi connectivity index (χ1) is 10.0. The van der Waals surface area contributed by atoms with E-state index in [1.165, 1.54) is 5.56 Å². The molecule has 1 aromatic carbocycles. The predicted molar refractivity (Wildman–Crippen MR) is 89.0 cm³/mol. The Balaban J connectivity index is 2.77. The molecule has 1 unspecified atom stereocenters. The minimum absolute atomic E-state index is 0.136. The van der Waals surface area contributed by atoms with Gasteiger partial charge in [0.15, 0.2) is 0 Å². The van der Waals surface area contributed by atoms with Crippen molar-refractivity contribution in [1.82, 2.24) is 5.32 Å². The maximum Gasteiger partial charge on any atom is 0.119 e. The van der Waals surface area contributed by atoms with E-state index < -0.39 is 0 Å². The molecule has 0 spiro atoms. The van der Waals surface area contributed by atoms with Gasteiger partial charge in [0.05, 0.1) is 12.2 Å². The number of rotatable bonds is 10. The van der Waals surface area contributed by atoms with Gasteiger partial charge in [-0.3, -0.25) is 0 Å². The van der Waals surface area contributed by atoms with E-state index >= 15 is 0 Å². The minimum atomic E-state index is -0.136. The Labute approximate surface area is 130 Å². The van der Waals surface area contributed by atoms with E-state index in [-0.39, 0.29) is 5.60 Å². The monoisotopic (exact) mass is 293 g/mol. The summed E-state index contributed by atoms with van der Waals surface area (Å²) in [6.45, 7) is 10.4. The van der Waals surface area contributed by atoms with Crippen molar-refractivity contribution in [2.24, 2.45) is 0 Å². The van der Waals surface area contributed by atoms with Crippen molar-refractivity contribution in [3.63, 3.8) is 0 Å². The molecule has 1 aromatic rings. The molecule has 0 bridgehead atoms. The van der Waals surface area contributed by atoms with Gasteiger partial charge >= 0.3 is 0 Å². The summed E-state index contributed by atoms with van der Waals surface area (Å²) in [5.74, 6) is 0.945. The summed E-state index contributed by atoms with van der Waals surface area (Å²) >= 11 is 0. The fraction of sp³-hybridized carbons (Fsp3) is 0.667. The molecule has 0 radical (unpaired) electrons. The summed E-state index contributed by atoms with van der Waals surface area (Å²) in [5.41, 5.74) is 1.15. The molecule has 1 rings (SSSR count). The molecule has 1 N–H and O–H groups in total. The average Bonchev–Trinajstić information content (AvgIpc) is 2.50. The standard InChI is InChI=1S/C18H31NO2/c1-6-12-19-17(14-18(3,4)20-5)15-8-10-16(11-9-15)21-13-7-2/h8-11,17,19H,6-7,12-14H2,1-5H3. The Morgan fingerprint density at radius 3 is 2.29 bits per heavy atom. The van der Waals surface area contributed by atoms with Gasteiger partial charge in [-0.05, 0) is 57.4 Å². The van der Waals surface area contributed by atoms with Crippen LogP contribution in [0.4, 0.5) is 0 Å². The van der Waals surface area contributed by atoms with Crippen LogP contribution in [-0.2, 0) is 4.74 Å². The normalized spacial score (nSPS) is 13.2. The third kappa shape index (κ3) is 6.49. The number of hydrogen-bond acceptors (Lipinski definition) is 3. The van der Waals surface area contributed by atoms with E-state index in [2.05, 4.69) is 57.3 Å². The summed E-state index contributed by atoms with van der Waals surface area (Å²) in [6, 6.07) is 8.74. The lowest BCUT2D eigenvalue weighted by atomic mass is 9.93. The third-order valence-corrected chi connectivity index (χ3v) is 3.64. The van der Waals surface area contributed by atoms with Gasteiger partial charge in [-0.15, -0.1) is 0 Å². The highest BCUT2D eigenvalue weighted by atomic mass is 16.5. The summed E-state index contributed by atoms with van der Waals surface area (Å²) in [4.78, 5) is 0. The van der Waals surface area contributed by atoms with Crippen LogP contribution >= 0.6 is 0 Å². The molecule has 120 valence electrons. The van der Waals surface area contributed by atoms with Crippen molar-refractivity contribution in [3.05, 3.63) is 29.8 Å². The van der Waals surface area contributed by atoms with Crippen LogP contribution in [0, 0.1) is 0 Å². The molecule has 0 saturated carbocycles. The van der Waals surface area contributed by atoms with Crippen molar-refractivity contribution in [2.45, 2.75) is 58.6 Å². The summed E-state index contributed by atoms with van der Waals surface area (Å²) in [7, 11) is 1.78. The highest BCUT2D eigenvalue weighted by Gasteiger charge is 2.23. The van der Waals surface area contributed by atoms with Gasteiger partial charge < -0.3 is 14.8 Å². The molecule has 0 fully saturated rings. The Bertz CT molecular complexity index is 387. The van der Waals surface area contributed by atoms with Crippen molar-refractivity contribution in [1.29, 1.82) is 0 Å². The number of benzene rings is 1. The zero-order valence-electron chi connectivity index (χ0n) is 14.2. The van der Waals surface area contributed by atoms with Gasteiger partial charge in [0.25, 0.3) is 0 Å². The molecule has 0 aromatic heterocycles. The first-order valence-corrected chi connectivity index (χ1v) is 8.03. The lowest BCUT2D eigenvalue weighted by Gasteiger charge is -2.29. The van der Waals surface area contributed by atoms with Gasteiger partial charge in [-0.2, -0.15) is 0 Å². The van der Waals surface area contributed by atoms with Crippen molar-refractivity contribution in [2.75, 3.05) is 20.3 Å². The lowest BCUT2D eigenvalue weighted by molar-refractivity contribution is 0.00685. The van der Waals surface area contributed by atoms with Crippen molar-refractivity contribution < 1.29 is 9.47 Å². The third-order valence-electron chi connectivity index (χ3n) is 3.64. The van der Waals surface area contributed by atoms with Gasteiger partial charge in [0, 0.05) is 13.2 Å². The molecule has 21 heavy (non-hydrogen) atoms. The van der Waals surface area contributed by atoms with E-state index in [0.717, 1.165) is 38.2 Å². The van der Waals surface area contributed by atoms with Crippen molar-refractivity contribution >= 4 is 0 Å². The van der Waals surface area contributed by atoms with Gasteiger partial charge in [0.2, 0.25) is 0 Å². The van der Waals surface area contributed by atoms with E-state index in [1.807, 2.05) is 0 Å². The number of ether oxygens (including phenoxy) is 2. The van der Waals surface area contributed by atoms with Gasteiger partial charge in [-0.25, -0.2) is 0 Å². The largest absolute Gasteiger partial charge is 0.494 e. The fourth-order valence-corrected chi connectivity index (χ4v) is 2.22. The molecule has 0 aliphatic heterocycles. The minimum Gasteiger partial charge on any atom is -0.494 e. The maximum atomic E-state index is 5.65. The van der Waals surface area contributed by atoms with E-state index in [0.29, 0.717) is 6.04 Å². The average molecular weight is 293 g/mol. The van der Waals surface area contributed by atoms with Crippen LogP contribution in [0.15, 0.2) is 24.3 Å². The highest BCUT2D eigenvalue weighted by molar-refractivity contribution is 5.29. The van der Waals surface area contributed by atoms with Crippen LogP contribution in [0.1, 0.15) is 58.6 Å². The second kappa shape index (κ2) is 9.06. The second-order valence-corrected chi connectivity index (χ2v) is 6.09. The molecule has 3 heteroatoms. The molecule has 0 aliphatic rings. The quantitative estimate of drug-likeness (QED) is 0.696. The first kappa shape index (κ1) is 18.0. The zero-order chi connectivity index (χ0) is 15.7. The van der Waals surface area contributed by atoms with Crippen LogP contribution in [0.3, 0.4) is 0 Å². The van der Waals surface area contributed by atoms with Gasteiger partial charge in [0.1, 0.15) is 5.75 Å². The number of hydrogen-bond donors (Lipinski definition) is 1. The molecule has 0 saturated heterocycles. The first-order valence-electron chi connectivity index (χ1n) is 8.03. The second-order valence-electron chi connectivity index (χ2n) is 6.09. The van der Waals surface area contributed by atoms with Crippen LogP contribution in [0.2, 0.25) is 0 Å². The summed E-state index contributed by atoms with van der Waals surface area (Å²) in [5, 5.41) is 3.62. The van der Waals surface area contributed by atoms with Crippen molar-refractivity contribution in [3.8, 4) is 5.75 Å². The Morgan fingerprint density at radius 1 is 1.10 bits per heavy atom. The molecular weight excluding hydrogens is 262 g/mol. The Kier molecular flexibility index (Phi) is 7.76. The topological polar surface area (TPSA) is 30.5 Å². The number of nitrogens with one attached hydrogen (secondary N) is 1. The van der Waals surface area contributed by atoms with Crippen LogP contribution in [0.25, 0.3) is 0 Å². The summed E-state index contributed by atoms with van der Waals surface area (Å²) in [6.07, 6.45) is 3.10. The maximum absolute atomic E-state index is 5.65. The molecule has 0 heterocycles. The predicted octanol–water partition coefficient (Wildman–Crippen LogP) is 4.33. The molecule has 0 amide bonds. The molecule has 1 atom stereocenters. The van der Waals surface area contributed by atoms with Crippen LogP contribution in [-0.4, -0.2) is 25.9 Å². The SMILES string of the molecule is CCCNC(CC(C)(C)OC)c1ccc(OCCC)cc1. The fourth-order valence-electron chi connectivity index (χ4n) is 2.22. The molecule has 0 aliphatic carbocycles.